The van der Waals surface area contributed by atoms with Crippen LogP contribution in [-0.4, -0.2) is 29.4 Å². The molecule has 0 aliphatic heterocycles. The highest BCUT2D eigenvalue weighted by Gasteiger charge is 2.46. The summed E-state index contributed by atoms with van der Waals surface area (Å²) < 4.78 is 5.32. The standard InChI is InChI=1S/C15H29NO3/c1-13(2,3)11(9-15(10-17)7-8-15)16-12(18)19-14(4,5)6/h11,17H,7-10H2,1-6H3,(H,16,18). The molecular weight excluding hydrogens is 242 g/mol. The predicted molar refractivity (Wildman–Crippen MR) is 76.0 cm³/mol. The Morgan fingerprint density at radius 2 is 1.79 bits per heavy atom. The Labute approximate surface area is 116 Å². The van der Waals surface area contributed by atoms with Crippen LogP contribution in [0.5, 0.6) is 0 Å². The van der Waals surface area contributed by atoms with Crippen LogP contribution >= 0.6 is 0 Å². The Morgan fingerprint density at radius 3 is 2.11 bits per heavy atom. The molecule has 1 saturated carbocycles. The molecule has 0 aromatic heterocycles. The van der Waals surface area contributed by atoms with E-state index in [0.717, 1.165) is 19.3 Å². The van der Waals surface area contributed by atoms with Crippen molar-refractivity contribution in [2.24, 2.45) is 10.8 Å². The number of aliphatic hydroxyl groups excluding tert-OH is 1. The molecule has 1 amide bonds. The van der Waals surface area contributed by atoms with E-state index >= 15 is 0 Å². The third kappa shape index (κ3) is 5.39. The molecule has 4 nitrogen and oxygen atoms in total. The van der Waals surface area contributed by atoms with E-state index in [4.69, 9.17) is 4.74 Å². The molecular formula is C15H29NO3. The summed E-state index contributed by atoms with van der Waals surface area (Å²) in [5.41, 5.74) is -0.518. The molecule has 1 aliphatic carbocycles. The van der Waals surface area contributed by atoms with Crippen LogP contribution in [0.4, 0.5) is 4.79 Å². The van der Waals surface area contributed by atoms with E-state index in [9.17, 15) is 9.90 Å². The fourth-order valence-electron chi connectivity index (χ4n) is 2.06. The minimum atomic E-state index is -0.485. The highest BCUT2D eigenvalue weighted by molar-refractivity contribution is 5.68. The second kappa shape index (κ2) is 5.31. The van der Waals surface area contributed by atoms with Crippen molar-refractivity contribution in [1.29, 1.82) is 0 Å². The molecule has 112 valence electrons. The Balaban J connectivity index is 2.63. The van der Waals surface area contributed by atoms with Gasteiger partial charge in [-0.3, -0.25) is 0 Å². The average Bonchev–Trinajstić information content (AvgIpc) is 2.93. The van der Waals surface area contributed by atoms with Gasteiger partial charge in [0.15, 0.2) is 0 Å². The first-order valence-electron chi connectivity index (χ1n) is 7.08. The average molecular weight is 271 g/mol. The van der Waals surface area contributed by atoms with Crippen LogP contribution in [0.2, 0.25) is 0 Å². The monoisotopic (exact) mass is 271 g/mol. The smallest absolute Gasteiger partial charge is 0.407 e. The van der Waals surface area contributed by atoms with E-state index in [1.54, 1.807) is 0 Å². The van der Waals surface area contributed by atoms with Gasteiger partial charge < -0.3 is 15.2 Å². The van der Waals surface area contributed by atoms with Crippen molar-refractivity contribution in [2.45, 2.75) is 72.4 Å². The van der Waals surface area contributed by atoms with Gasteiger partial charge in [-0.15, -0.1) is 0 Å². The first-order valence-corrected chi connectivity index (χ1v) is 7.08. The maximum atomic E-state index is 11.9. The van der Waals surface area contributed by atoms with Gasteiger partial charge in [-0.1, -0.05) is 20.8 Å². The zero-order valence-corrected chi connectivity index (χ0v) is 13.2. The van der Waals surface area contributed by atoms with Gasteiger partial charge in [0.1, 0.15) is 5.60 Å². The lowest BCUT2D eigenvalue weighted by molar-refractivity contribution is 0.0434. The molecule has 0 bridgehead atoms. The fraction of sp³-hybridized carbons (Fsp3) is 0.933. The van der Waals surface area contributed by atoms with Crippen LogP contribution in [0, 0.1) is 10.8 Å². The van der Waals surface area contributed by atoms with E-state index in [0.29, 0.717) is 0 Å². The van der Waals surface area contributed by atoms with E-state index in [-0.39, 0.29) is 29.6 Å². The third-order valence-corrected chi connectivity index (χ3v) is 3.67. The normalized spacial score (nSPS) is 19.7. The molecule has 0 aromatic rings. The molecule has 1 fully saturated rings. The summed E-state index contributed by atoms with van der Waals surface area (Å²) >= 11 is 0. The van der Waals surface area contributed by atoms with Crippen molar-refractivity contribution in [3.05, 3.63) is 0 Å². The molecule has 1 atom stereocenters. The van der Waals surface area contributed by atoms with Crippen LogP contribution < -0.4 is 5.32 Å². The van der Waals surface area contributed by atoms with Crippen molar-refractivity contribution in [2.75, 3.05) is 6.61 Å². The topological polar surface area (TPSA) is 58.6 Å². The number of hydrogen-bond acceptors (Lipinski definition) is 3. The number of alkyl carbamates (subject to hydrolysis) is 1. The largest absolute Gasteiger partial charge is 0.444 e. The van der Waals surface area contributed by atoms with Crippen LogP contribution in [0.15, 0.2) is 0 Å². The minimum absolute atomic E-state index is 0.0111. The zero-order valence-electron chi connectivity index (χ0n) is 13.2. The van der Waals surface area contributed by atoms with E-state index in [2.05, 4.69) is 26.1 Å². The molecule has 2 N–H and O–H groups in total. The number of ether oxygens (including phenoxy) is 1. The quantitative estimate of drug-likeness (QED) is 0.826. The minimum Gasteiger partial charge on any atom is -0.444 e. The molecule has 1 aliphatic rings. The molecule has 19 heavy (non-hydrogen) atoms. The lowest BCUT2D eigenvalue weighted by atomic mass is 9.80. The summed E-state index contributed by atoms with van der Waals surface area (Å²) in [5, 5.41) is 12.4. The molecule has 0 heterocycles. The molecule has 0 aromatic carbocycles. The number of carbonyl (C=O) groups is 1. The summed E-state index contributed by atoms with van der Waals surface area (Å²) in [6, 6.07) is 0.0111. The predicted octanol–water partition coefficient (Wildman–Crippen LogP) is 3.09. The molecule has 1 rings (SSSR count). The molecule has 1 unspecified atom stereocenters. The number of rotatable bonds is 4. The first kappa shape index (κ1) is 16.3. The van der Waals surface area contributed by atoms with Crippen LogP contribution in [-0.2, 0) is 4.74 Å². The fourth-order valence-corrected chi connectivity index (χ4v) is 2.06. The van der Waals surface area contributed by atoms with Crippen molar-refractivity contribution in [3.63, 3.8) is 0 Å². The first-order chi connectivity index (χ1) is 8.47. The Hall–Kier alpha value is -0.770. The van der Waals surface area contributed by atoms with Crippen molar-refractivity contribution in [1.82, 2.24) is 5.32 Å². The van der Waals surface area contributed by atoms with Gasteiger partial charge in [0.2, 0.25) is 0 Å². The maximum Gasteiger partial charge on any atom is 0.407 e. The summed E-state index contributed by atoms with van der Waals surface area (Å²) in [6.07, 6.45) is 2.53. The maximum absolute atomic E-state index is 11.9. The van der Waals surface area contributed by atoms with Crippen molar-refractivity contribution in [3.8, 4) is 0 Å². The number of carbonyl (C=O) groups excluding carboxylic acids is 1. The van der Waals surface area contributed by atoms with Crippen molar-refractivity contribution >= 4 is 6.09 Å². The molecule has 0 spiro atoms. The van der Waals surface area contributed by atoms with Crippen LogP contribution in [0.25, 0.3) is 0 Å². The summed E-state index contributed by atoms with van der Waals surface area (Å²) in [5.74, 6) is 0. The van der Waals surface area contributed by atoms with E-state index in [1.807, 2.05) is 20.8 Å². The number of nitrogens with one attached hydrogen (secondary N) is 1. The van der Waals surface area contributed by atoms with Crippen LogP contribution in [0.1, 0.15) is 60.8 Å². The third-order valence-electron chi connectivity index (χ3n) is 3.67. The molecule has 0 radical (unpaired) electrons. The number of aliphatic hydroxyl groups is 1. The zero-order chi connectivity index (χ0) is 14.9. The van der Waals surface area contributed by atoms with Gasteiger partial charge >= 0.3 is 6.09 Å². The molecule has 0 saturated heterocycles. The SMILES string of the molecule is CC(C)(C)OC(=O)NC(CC1(CO)CC1)C(C)(C)C. The van der Waals surface area contributed by atoms with Gasteiger partial charge in [-0.05, 0) is 50.9 Å². The second-order valence-electron chi connectivity index (χ2n) is 7.93. The lowest BCUT2D eigenvalue weighted by Gasteiger charge is -2.34. The Bertz CT molecular complexity index is 321. The number of amides is 1. The summed E-state index contributed by atoms with van der Waals surface area (Å²) in [4.78, 5) is 11.9. The van der Waals surface area contributed by atoms with E-state index < -0.39 is 5.60 Å². The molecule has 4 heteroatoms. The highest BCUT2D eigenvalue weighted by atomic mass is 16.6. The lowest BCUT2D eigenvalue weighted by Crippen LogP contribution is -2.47. The van der Waals surface area contributed by atoms with Gasteiger partial charge in [0.25, 0.3) is 0 Å². The highest BCUT2D eigenvalue weighted by Crippen LogP contribution is 2.50. The summed E-state index contributed by atoms with van der Waals surface area (Å²) in [7, 11) is 0. The second-order valence-corrected chi connectivity index (χ2v) is 7.93. The van der Waals surface area contributed by atoms with Gasteiger partial charge in [-0.25, -0.2) is 4.79 Å². The van der Waals surface area contributed by atoms with Gasteiger partial charge in [0, 0.05) is 12.6 Å². The van der Waals surface area contributed by atoms with Crippen molar-refractivity contribution < 1.29 is 14.6 Å². The summed E-state index contributed by atoms with van der Waals surface area (Å²) in [6.45, 7) is 12.1. The van der Waals surface area contributed by atoms with E-state index in [1.165, 1.54) is 0 Å². The van der Waals surface area contributed by atoms with Gasteiger partial charge in [0.05, 0.1) is 0 Å². The number of hydrogen-bond donors (Lipinski definition) is 2. The van der Waals surface area contributed by atoms with Crippen LogP contribution in [0.3, 0.4) is 0 Å². The Morgan fingerprint density at radius 1 is 1.26 bits per heavy atom. The Kier molecular flexibility index (Phi) is 4.55. The van der Waals surface area contributed by atoms with Gasteiger partial charge in [-0.2, -0.15) is 0 Å².